The van der Waals surface area contributed by atoms with Crippen LogP contribution in [0, 0.1) is 0 Å². The van der Waals surface area contributed by atoms with E-state index in [4.69, 9.17) is 5.11 Å². The number of aryl methyl sites for hydroxylation is 1. The van der Waals surface area contributed by atoms with Crippen molar-refractivity contribution in [2.45, 2.75) is 0 Å². The second-order valence-corrected chi connectivity index (χ2v) is 4.65. The summed E-state index contributed by atoms with van der Waals surface area (Å²) in [5.41, 5.74) is 1.10. The van der Waals surface area contributed by atoms with E-state index in [1.165, 1.54) is 6.08 Å². The van der Waals surface area contributed by atoms with Crippen LogP contribution in [-0.2, 0) is 11.8 Å². The number of thiophene rings is 1. The van der Waals surface area contributed by atoms with Gasteiger partial charge in [0.15, 0.2) is 0 Å². The van der Waals surface area contributed by atoms with E-state index in [2.05, 4.69) is 10.4 Å². The van der Waals surface area contributed by atoms with Crippen molar-refractivity contribution in [1.82, 2.24) is 9.78 Å². The van der Waals surface area contributed by atoms with Gasteiger partial charge in [-0.05, 0) is 17.5 Å². The van der Waals surface area contributed by atoms with Crippen molar-refractivity contribution < 1.29 is 14.7 Å². The molecule has 2 aromatic heterocycles. The molecule has 0 spiro atoms. The molecule has 2 rings (SSSR count). The Hall–Kier alpha value is -2.41. The lowest BCUT2D eigenvalue weighted by atomic mass is 10.3. The first-order valence-electron chi connectivity index (χ1n) is 5.35. The number of anilines is 1. The fourth-order valence-corrected chi connectivity index (χ4v) is 2.13. The van der Waals surface area contributed by atoms with Gasteiger partial charge in [0.25, 0.3) is 0 Å². The van der Waals surface area contributed by atoms with Crippen molar-refractivity contribution in [3.63, 3.8) is 0 Å². The second kappa shape index (κ2) is 5.49. The number of carboxylic acids is 1. The topological polar surface area (TPSA) is 84.2 Å². The highest BCUT2D eigenvalue weighted by molar-refractivity contribution is 7.12. The maximum Gasteiger partial charge on any atom is 0.348 e. The minimum atomic E-state index is -1.05. The van der Waals surface area contributed by atoms with Crippen LogP contribution in [-0.4, -0.2) is 26.8 Å². The zero-order valence-corrected chi connectivity index (χ0v) is 10.8. The summed E-state index contributed by atoms with van der Waals surface area (Å²) >= 11 is 1.07. The van der Waals surface area contributed by atoms with E-state index in [0.717, 1.165) is 16.9 Å². The number of rotatable bonds is 4. The molecule has 2 heterocycles. The molecule has 2 N–H and O–H groups in total. The van der Waals surface area contributed by atoms with E-state index in [-0.39, 0.29) is 10.8 Å². The largest absolute Gasteiger partial charge is 0.477 e. The quantitative estimate of drug-likeness (QED) is 0.835. The van der Waals surface area contributed by atoms with Crippen molar-refractivity contribution in [2.75, 3.05) is 5.32 Å². The maximum absolute atomic E-state index is 11.7. The van der Waals surface area contributed by atoms with Gasteiger partial charge < -0.3 is 10.4 Å². The highest BCUT2D eigenvalue weighted by Gasteiger charge is 2.12. The Balaban J connectivity index is 2.03. The SMILES string of the molecule is Cn1cc(/C=C/C(=O)Nc2ccsc2C(=O)O)cn1. The van der Waals surface area contributed by atoms with Gasteiger partial charge in [-0.2, -0.15) is 5.10 Å². The number of carbonyl (C=O) groups excluding carboxylic acids is 1. The lowest BCUT2D eigenvalue weighted by Gasteiger charge is -2.00. The Bertz CT molecular complexity index is 642. The zero-order valence-electron chi connectivity index (χ0n) is 10.0. The first-order valence-corrected chi connectivity index (χ1v) is 6.22. The molecular weight excluding hydrogens is 266 g/mol. The molecule has 0 bridgehead atoms. The summed E-state index contributed by atoms with van der Waals surface area (Å²) in [5, 5.41) is 17.0. The number of carbonyl (C=O) groups is 2. The molecule has 0 unspecified atom stereocenters. The Morgan fingerprint density at radius 2 is 2.32 bits per heavy atom. The summed E-state index contributed by atoms with van der Waals surface area (Å²) in [6, 6.07) is 1.56. The highest BCUT2D eigenvalue weighted by atomic mass is 32.1. The molecule has 0 saturated heterocycles. The Labute approximate surface area is 113 Å². The van der Waals surface area contributed by atoms with E-state index in [0.29, 0.717) is 5.69 Å². The molecule has 0 fully saturated rings. The van der Waals surface area contributed by atoms with E-state index >= 15 is 0 Å². The number of aromatic nitrogens is 2. The number of nitrogens with zero attached hydrogens (tertiary/aromatic N) is 2. The smallest absolute Gasteiger partial charge is 0.348 e. The molecule has 98 valence electrons. The molecule has 19 heavy (non-hydrogen) atoms. The molecular formula is C12H11N3O3S. The van der Waals surface area contributed by atoms with Gasteiger partial charge in [0.1, 0.15) is 4.88 Å². The van der Waals surface area contributed by atoms with Gasteiger partial charge in [0, 0.05) is 24.9 Å². The summed E-state index contributed by atoms with van der Waals surface area (Å²) < 4.78 is 1.62. The fraction of sp³-hybridized carbons (Fsp3) is 0.0833. The minimum absolute atomic E-state index is 0.114. The number of hydrogen-bond acceptors (Lipinski definition) is 4. The Morgan fingerprint density at radius 1 is 1.53 bits per heavy atom. The third-order valence-electron chi connectivity index (χ3n) is 2.27. The number of amides is 1. The molecule has 0 aromatic carbocycles. The number of carboxylic acid groups (broad SMARTS) is 1. The third-order valence-corrected chi connectivity index (χ3v) is 3.17. The van der Waals surface area contributed by atoms with Crippen LogP contribution in [0.3, 0.4) is 0 Å². The van der Waals surface area contributed by atoms with Crippen LogP contribution in [0.5, 0.6) is 0 Å². The molecule has 0 saturated carbocycles. The van der Waals surface area contributed by atoms with Gasteiger partial charge in [0.2, 0.25) is 5.91 Å². The standard InChI is InChI=1S/C12H11N3O3S/c1-15-7-8(6-13-15)2-3-10(16)14-9-4-5-19-11(9)12(17)18/h2-7H,1H3,(H,14,16)(H,17,18)/b3-2+. The van der Waals surface area contributed by atoms with Crippen molar-refractivity contribution in [3.8, 4) is 0 Å². The van der Waals surface area contributed by atoms with Gasteiger partial charge in [-0.3, -0.25) is 9.48 Å². The molecule has 0 aliphatic carbocycles. The monoisotopic (exact) mass is 277 g/mol. The van der Waals surface area contributed by atoms with Crippen molar-refractivity contribution in [1.29, 1.82) is 0 Å². The Morgan fingerprint density at radius 3 is 2.95 bits per heavy atom. The third kappa shape index (κ3) is 3.29. The van der Waals surface area contributed by atoms with Crippen LogP contribution < -0.4 is 5.32 Å². The first kappa shape index (κ1) is 13.0. The van der Waals surface area contributed by atoms with E-state index in [1.807, 2.05) is 0 Å². The molecule has 0 aliphatic heterocycles. The molecule has 7 heteroatoms. The van der Waals surface area contributed by atoms with Gasteiger partial charge in [-0.25, -0.2) is 4.79 Å². The van der Waals surface area contributed by atoms with Crippen molar-refractivity contribution >= 4 is 35.0 Å². The van der Waals surface area contributed by atoms with Gasteiger partial charge in [-0.1, -0.05) is 0 Å². The summed E-state index contributed by atoms with van der Waals surface area (Å²) in [4.78, 5) is 22.6. The van der Waals surface area contributed by atoms with Gasteiger partial charge >= 0.3 is 5.97 Å². The van der Waals surface area contributed by atoms with Gasteiger partial charge in [-0.15, -0.1) is 11.3 Å². The highest BCUT2D eigenvalue weighted by Crippen LogP contribution is 2.22. The average molecular weight is 277 g/mol. The second-order valence-electron chi connectivity index (χ2n) is 3.74. The molecule has 0 atom stereocenters. The molecule has 2 aromatic rings. The van der Waals surface area contributed by atoms with E-state index < -0.39 is 5.97 Å². The maximum atomic E-state index is 11.7. The molecule has 0 aliphatic rings. The lowest BCUT2D eigenvalue weighted by Crippen LogP contribution is -2.09. The van der Waals surface area contributed by atoms with E-state index in [9.17, 15) is 9.59 Å². The van der Waals surface area contributed by atoms with Gasteiger partial charge in [0.05, 0.1) is 11.9 Å². The predicted octanol–water partition coefficient (Wildman–Crippen LogP) is 1.83. The van der Waals surface area contributed by atoms with Crippen LogP contribution in [0.4, 0.5) is 5.69 Å². The van der Waals surface area contributed by atoms with Crippen LogP contribution >= 0.6 is 11.3 Å². The normalized spacial score (nSPS) is 10.8. The number of nitrogens with one attached hydrogen (secondary N) is 1. The zero-order chi connectivity index (χ0) is 13.8. The van der Waals surface area contributed by atoms with Crippen LogP contribution in [0.25, 0.3) is 6.08 Å². The minimum Gasteiger partial charge on any atom is -0.477 e. The number of hydrogen-bond donors (Lipinski definition) is 2. The van der Waals surface area contributed by atoms with E-state index in [1.54, 1.807) is 41.6 Å². The van der Waals surface area contributed by atoms with Crippen molar-refractivity contribution in [3.05, 3.63) is 40.4 Å². The van der Waals surface area contributed by atoms with Crippen LogP contribution in [0.15, 0.2) is 29.9 Å². The molecule has 1 amide bonds. The van der Waals surface area contributed by atoms with Crippen LogP contribution in [0.2, 0.25) is 0 Å². The Kier molecular flexibility index (Phi) is 3.76. The van der Waals surface area contributed by atoms with Crippen molar-refractivity contribution in [2.24, 2.45) is 7.05 Å². The summed E-state index contributed by atoms with van der Waals surface area (Å²) in [6.45, 7) is 0. The summed E-state index contributed by atoms with van der Waals surface area (Å²) in [5.74, 6) is -1.44. The number of aromatic carboxylic acids is 1. The van der Waals surface area contributed by atoms with Crippen LogP contribution in [0.1, 0.15) is 15.2 Å². The average Bonchev–Trinajstić information content (AvgIpc) is 2.95. The summed E-state index contributed by atoms with van der Waals surface area (Å²) in [7, 11) is 1.78. The first-order chi connectivity index (χ1) is 9.06. The summed E-state index contributed by atoms with van der Waals surface area (Å²) in [6.07, 6.45) is 6.32. The predicted molar refractivity (Wildman–Crippen MR) is 72.2 cm³/mol. The lowest BCUT2D eigenvalue weighted by molar-refractivity contribution is -0.111. The fourth-order valence-electron chi connectivity index (χ4n) is 1.45. The molecule has 6 nitrogen and oxygen atoms in total. The molecule has 0 radical (unpaired) electrons.